The highest BCUT2D eigenvalue weighted by Crippen LogP contribution is 2.38. The van der Waals surface area contributed by atoms with Gasteiger partial charge in [0.25, 0.3) is 0 Å². The number of aryl methyl sites for hydroxylation is 1. The van der Waals surface area contributed by atoms with Gasteiger partial charge in [-0.3, -0.25) is 9.78 Å². The number of hydrogen-bond donors (Lipinski definition) is 0. The van der Waals surface area contributed by atoms with Crippen LogP contribution in [0.4, 0.5) is 0 Å². The average Bonchev–Trinajstić information content (AvgIpc) is 3.09. The first-order valence-corrected chi connectivity index (χ1v) is 11.5. The Balaban J connectivity index is 1.25. The molecule has 0 radical (unpaired) electrons. The van der Waals surface area contributed by atoms with Crippen molar-refractivity contribution in [3.63, 3.8) is 0 Å². The second kappa shape index (κ2) is 9.17. The summed E-state index contributed by atoms with van der Waals surface area (Å²) in [5, 5.41) is 0. The van der Waals surface area contributed by atoms with Crippen LogP contribution in [0.3, 0.4) is 0 Å². The summed E-state index contributed by atoms with van der Waals surface area (Å²) in [5.74, 6) is 1.88. The van der Waals surface area contributed by atoms with E-state index in [1.165, 1.54) is 6.33 Å². The van der Waals surface area contributed by atoms with Gasteiger partial charge in [0.2, 0.25) is 17.7 Å². The van der Waals surface area contributed by atoms with Gasteiger partial charge in [-0.2, -0.15) is 0 Å². The molecule has 0 spiro atoms. The lowest BCUT2D eigenvalue weighted by atomic mass is 9.98. The second-order valence-corrected chi connectivity index (χ2v) is 8.86. The number of nitrogens with zero attached hydrogens (tertiary/aromatic N) is 4. The van der Waals surface area contributed by atoms with E-state index in [1.54, 1.807) is 6.20 Å². The number of rotatable bonds is 6. The summed E-state index contributed by atoms with van der Waals surface area (Å²) >= 11 is 0. The second-order valence-electron chi connectivity index (χ2n) is 8.86. The van der Waals surface area contributed by atoms with Crippen LogP contribution in [0.15, 0.2) is 55.0 Å². The van der Waals surface area contributed by atoms with Crippen LogP contribution in [0.1, 0.15) is 42.5 Å². The largest absolute Gasteiger partial charge is 0.474 e. The highest BCUT2D eigenvalue weighted by molar-refractivity contribution is 5.80. The van der Waals surface area contributed by atoms with Gasteiger partial charge in [0.1, 0.15) is 12.4 Å². The van der Waals surface area contributed by atoms with Crippen LogP contribution in [-0.4, -0.2) is 43.9 Å². The van der Waals surface area contributed by atoms with E-state index < -0.39 is 0 Å². The number of benzene rings is 1. The van der Waals surface area contributed by atoms with Gasteiger partial charge >= 0.3 is 0 Å². The molecule has 2 saturated heterocycles. The molecule has 2 aromatic heterocycles. The zero-order valence-electron chi connectivity index (χ0n) is 19.0. The van der Waals surface area contributed by atoms with Gasteiger partial charge in [0.05, 0.1) is 17.7 Å². The van der Waals surface area contributed by atoms with Crippen molar-refractivity contribution in [3.8, 4) is 17.5 Å². The Bertz CT molecular complexity index is 1120. The fourth-order valence-corrected chi connectivity index (χ4v) is 4.97. The van der Waals surface area contributed by atoms with E-state index >= 15 is 0 Å². The SMILES string of the molecule is Cc1ncccc1Oc1ncnc(OC2C[C@H]3CC[C@@H](C2)N3C(=O)Cc2ccccc2)c1C. The number of amides is 1. The molecule has 2 aliphatic rings. The molecule has 0 aliphatic carbocycles. The maximum Gasteiger partial charge on any atom is 0.229 e. The highest BCUT2D eigenvalue weighted by Gasteiger charge is 2.44. The molecular formula is C26H28N4O3. The molecule has 7 heteroatoms. The molecule has 170 valence electrons. The third kappa shape index (κ3) is 4.53. The van der Waals surface area contributed by atoms with E-state index in [0.717, 1.165) is 42.5 Å². The van der Waals surface area contributed by atoms with E-state index in [2.05, 4.69) is 19.9 Å². The van der Waals surface area contributed by atoms with Gasteiger partial charge in [-0.25, -0.2) is 9.97 Å². The molecule has 4 heterocycles. The average molecular weight is 445 g/mol. The Hall–Kier alpha value is -3.48. The number of carbonyl (C=O) groups excluding carboxylic acids is 1. The molecule has 1 aromatic carbocycles. The number of fused-ring (bicyclic) bond motifs is 2. The minimum Gasteiger partial charge on any atom is -0.474 e. The van der Waals surface area contributed by atoms with Gasteiger partial charge in [-0.05, 0) is 44.4 Å². The molecule has 2 aliphatic heterocycles. The van der Waals surface area contributed by atoms with Gasteiger partial charge in [-0.1, -0.05) is 30.3 Å². The summed E-state index contributed by atoms with van der Waals surface area (Å²) in [6.07, 6.45) is 7.37. The number of pyridine rings is 1. The Morgan fingerprint density at radius 2 is 1.70 bits per heavy atom. The normalized spacial score (nSPS) is 21.6. The van der Waals surface area contributed by atoms with E-state index in [1.807, 2.05) is 56.3 Å². The molecule has 0 saturated carbocycles. The molecule has 5 rings (SSSR count). The third-order valence-electron chi connectivity index (χ3n) is 6.61. The van der Waals surface area contributed by atoms with Gasteiger partial charge in [-0.15, -0.1) is 0 Å². The first kappa shape index (κ1) is 21.4. The minimum atomic E-state index is 0.0184. The summed E-state index contributed by atoms with van der Waals surface area (Å²) in [7, 11) is 0. The number of ether oxygens (including phenoxy) is 2. The van der Waals surface area contributed by atoms with Crippen molar-refractivity contribution in [1.82, 2.24) is 19.9 Å². The molecule has 1 unspecified atom stereocenters. The van der Waals surface area contributed by atoms with Crippen LogP contribution >= 0.6 is 0 Å². The fraction of sp³-hybridized carbons (Fsp3) is 0.385. The quantitative estimate of drug-likeness (QED) is 0.560. The van der Waals surface area contributed by atoms with Crippen molar-refractivity contribution in [2.45, 2.75) is 64.1 Å². The number of piperidine rings is 1. The molecule has 33 heavy (non-hydrogen) atoms. The Morgan fingerprint density at radius 3 is 2.42 bits per heavy atom. The van der Waals surface area contributed by atoms with Crippen molar-refractivity contribution >= 4 is 5.91 Å². The Morgan fingerprint density at radius 1 is 0.970 bits per heavy atom. The molecule has 2 fully saturated rings. The predicted octanol–water partition coefficient (Wildman–Crippen LogP) is 4.42. The standard InChI is InChI=1S/C26H28N4O3/c1-17-25(28-16-29-26(17)33-23-9-6-12-27-18(23)2)32-22-14-20-10-11-21(15-22)30(20)24(31)13-19-7-4-3-5-8-19/h3-9,12,16,20-22H,10-11,13-15H2,1-2H3/t20-,21+,22?. The summed E-state index contributed by atoms with van der Waals surface area (Å²) in [6.45, 7) is 3.80. The molecule has 2 bridgehead atoms. The van der Waals surface area contributed by atoms with Crippen LogP contribution in [0.25, 0.3) is 0 Å². The molecular weight excluding hydrogens is 416 g/mol. The predicted molar refractivity (Wildman–Crippen MR) is 123 cm³/mol. The minimum absolute atomic E-state index is 0.0184. The number of hydrogen-bond acceptors (Lipinski definition) is 6. The first-order chi connectivity index (χ1) is 16.1. The van der Waals surface area contributed by atoms with Gasteiger partial charge in [0.15, 0.2) is 5.75 Å². The number of carbonyl (C=O) groups is 1. The molecule has 3 atom stereocenters. The molecule has 0 N–H and O–H groups in total. The van der Waals surface area contributed by atoms with Crippen molar-refractivity contribution < 1.29 is 14.3 Å². The zero-order chi connectivity index (χ0) is 22.8. The van der Waals surface area contributed by atoms with Gasteiger partial charge in [0, 0.05) is 31.1 Å². The zero-order valence-corrected chi connectivity index (χ0v) is 19.0. The Labute approximate surface area is 193 Å². The molecule has 1 amide bonds. The van der Waals surface area contributed by atoms with Crippen LogP contribution in [-0.2, 0) is 11.2 Å². The van der Waals surface area contributed by atoms with Crippen molar-refractivity contribution in [3.05, 3.63) is 71.8 Å². The smallest absolute Gasteiger partial charge is 0.229 e. The lowest BCUT2D eigenvalue weighted by molar-refractivity contribution is -0.136. The maximum absolute atomic E-state index is 13.0. The molecule has 7 nitrogen and oxygen atoms in total. The van der Waals surface area contributed by atoms with Crippen molar-refractivity contribution in [1.29, 1.82) is 0 Å². The van der Waals surface area contributed by atoms with E-state index in [4.69, 9.17) is 9.47 Å². The third-order valence-corrected chi connectivity index (χ3v) is 6.61. The van der Waals surface area contributed by atoms with Crippen LogP contribution in [0.5, 0.6) is 17.5 Å². The van der Waals surface area contributed by atoms with Crippen molar-refractivity contribution in [2.75, 3.05) is 0 Å². The lowest BCUT2D eigenvalue weighted by Gasteiger charge is -2.39. The fourth-order valence-electron chi connectivity index (χ4n) is 4.97. The Kier molecular flexibility index (Phi) is 5.94. The van der Waals surface area contributed by atoms with Crippen LogP contribution in [0.2, 0.25) is 0 Å². The maximum atomic E-state index is 13.0. The summed E-state index contributed by atoms with van der Waals surface area (Å²) in [6, 6.07) is 14.1. The van der Waals surface area contributed by atoms with Crippen LogP contribution < -0.4 is 9.47 Å². The van der Waals surface area contributed by atoms with E-state index in [9.17, 15) is 4.79 Å². The number of aromatic nitrogens is 3. The highest BCUT2D eigenvalue weighted by atomic mass is 16.5. The summed E-state index contributed by atoms with van der Waals surface area (Å²) < 4.78 is 12.3. The van der Waals surface area contributed by atoms with Crippen LogP contribution in [0, 0.1) is 13.8 Å². The van der Waals surface area contributed by atoms with E-state index in [-0.39, 0.29) is 24.1 Å². The van der Waals surface area contributed by atoms with Gasteiger partial charge < -0.3 is 14.4 Å². The van der Waals surface area contributed by atoms with Crippen molar-refractivity contribution in [2.24, 2.45) is 0 Å². The topological polar surface area (TPSA) is 77.4 Å². The first-order valence-electron chi connectivity index (χ1n) is 11.5. The summed E-state index contributed by atoms with van der Waals surface area (Å²) in [5.41, 5.74) is 2.62. The summed E-state index contributed by atoms with van der Waals surface area (Å²) in [4.78, 5) is 28.1. The van der Waals surface area contributed by atoms with E-state index in [0.29, 0.717) is 23.9 Å². The lowest BCUT2D eigenvalue weighted by Crippen LogP contribution is -2.49. The monoisotopic (exact) mass is 444 g/mol. The molecule has 3 aromatic rings.